The number of nitrogens with zero attached hydrogens (tertiary/aromatic N) is 1. The molecule has 2 atom stereocenters. The Morgan fingerprint density at radius 2 is 1.84 bits per heavy atom. The highest BCUT2D eigenvalue weighted by atomic mass is 32.2. The zero-order chi connectivity index (χ0) is 13.5. The number of sulfone groups is 1. The molecule has 1 N–H and O–H groups in total. The average Bonchev–Trinajstić information content (AvgIpc) is 3.29. The zero-order valence-corrected chi connectivity index (χ0v) is 12.7. The summed E-state index contributed by atoms with van der Waals surface area (Å²) in [5.74, 6) is 2.28. The van der Waals surface area contributed by atoms with E-state index in [0.717, 1.165) is 31.5 Å². The summed E-state index contributed by atoms with van der Waals surface area (Å²) in [6.07, 6.45) is 5.37. The van der Waals surface area contributed by atoms with Gasteiger partial charge in [0.2, 0.25) is 0 Å². The molecule has 3 rings (SSSR count). The molecular weight excluding hydrogens is 260 g/mol. The van der Waals surface area contributed by atoms with Crippen LogP contribution in [-0.4, -0.2) is 56.5 Å². The van der Waals surface area contributed by atoms with Crippen LogP contribution in [0.25, 0.3) is 0 Å². The lowest BCUT2D eigenvalue weighted by Crippen LogP contribution is -2.58. The van der Waals surface area contributed by atoms with Crippen LogP contribution >= 0.6 is 0 Å². The molecule has 110 valence electrons. The van der Waals surface area contributed by atoms with E-state index >= 15 is 0 Å². The Labute approximate surface area is 116 Å². The van der Waals surface area contributed by atoms with E-state index in [1.807, 2.05) is 0 Å². The van der Waals surface area contributed by atoms with Crippen LogP contribution in [0.15, 0.2) is 0 Å². The van der Waals surface area contributed by atoms with E-state index in [9.17, 15) is 8.42 Å². The number of hydrogen-bond acceptors (Lipinski definition) is 4. The molecule has 1 saturated heterocycles. The Kier molecular flexibility index (Phi) is 3.89. The lowest BCUT2D eigenvalue weighted by molar-refractivity contribution is 0.115. The topological polar surface area (TPSA) is 49.4 Å². The Morgan fingerprint density at radius 1 is 1.16 bits per heavy atom. The summed E-state index contributed by atoms with van der Waals surface area (Å²) in [6, 6.07) is 1.20. The summed E-state index contributed by atoms with van der Waals surface area (Å²) in [5, 5.41) is 3.70. The Balaban J connectivity index is 1.59. The molecule has 19 heavy (non-hydrogen) atoms. The smallest absolute Gasteiger partial charge is 0.151 e. The van der Waals surface area contributed by atoms with Crippen LogP contribution in [0.5, 0.6) is 0 Å². The first-order valence-electron chi connectivity index (χ1n) is 7.77. The normalized spacial score (nSPS) is 33.5. The molecule has 0 spiro atoms. The van der Waals surface area contributed by atoms with Gasteiger partial charge in [0.1, 0.15) is 0 Å². The molecule has 2 saturated carbocycles. The molecule has 0 aromatic carbocycles. The fraction of sp³-hybridized carbons (Fsp3) is 1.00. The lowest BCUT2D eigenvalue weighted by atomic mass is 10.0. The Morgan fingerprint density at radius 3 is 2.42 bits per heavy atom. The first-order valence-corrected chi connectivity index (χ1v) is 9.59. The minimum atomic E-state index is -2.83. The van der Waals surface area contributed by atoms with Crippen molar-refractivity contribution in [1.29, 1.82) is 0 Å². The van der Waals surface area contributed by atoms with Gasteiger partial charge in [0, 0.05) is 37.5 Å². The maximum atomic E-state index is 11.7. The van der Waals surface area contributed by atoms with Crippen LogP contribution in [0, 0.1) is 11.8 Å². The van der Waals surface area contributed by atoms with Gasteiger partial charge in [0.15, 0.2) is 9.84 Å². The molecule has 0 amide bonds. The van der Waals surface area contributed by atoms with Crippen molar-refractivity contribution in [1.82, 2.24) is 10.2 Å². The van der Waals surface area contributed by atoms with Crippen molar-refractivity contribution in [3.8, 4) is 0 Å². The molecule has 3 aliphatic rings. The summed E-state index contributed by atoms with van der Waals surface area (Å²) in [5.41, 5.74) is 0. The molecule has 0 radical (unpaired) electrons. The van der Waals surface area contributed by atoms with Gasteiger partial charge in [-0.2, -0.15) is 0 Å². The van der Waals surface area contributed by atoms with Crippen molar-refractivity contribution in [2.45, 2.75) is 44.7 Å². The van der Waals surface area contributed by atoms with Crippen LogP contribution in [0.1, 0.15) is 32.6 Å². The van der Waals surface area contributed by atoms with Crippen molar-refractivity contribution in [3.05, 3.63) is 0 Å². The molecule has 5 heteroatoms. The summed E-state index contributed by atoms with van der Waals surface area (Å²) in [4.78, 5) is 2.48. The summed E-state index contributed by atoms with van der Waals surface area (Å²) in [7, 11) is -2.83. The van der Waals surface area contributed by atoms with Gasteiger partial charge < -0.3 is 5.32 Å². The van der Waals surface area contributed by atoms with Crippen molar-refractivity contribution < 1.29 is 8.42 Å². The molecule has 2 unspecified atom stereocenters. The van der Waals surface area contributed by atoms with E-state index in [0.29, 0.717) is 17.8 Å². The molecule has 2 aliphatic carbocycles. The lowest BCUT2D eigenvalue weighted by Gasteiger charge is -2.41. The van der Waals surface area contributed by atoms with E-state index < -0.39 is 9.84 Å². The fourth-order valence-electron chi connectivity index (χ4n) is 3.27. The van der Waals surface area contributed by atoms with Crippen LogP contribution in [0.4, 0.5) is 0 Å². The van der Waals surface area contributed by atoms with E-state index in [1.165, 1.54) is 25.7 Å². The van der Waals surface area contributed by atoms with Gasteiger partial charge in [-0.05, 0) is 37.5 Å². The molecule has 1 heterocycles. The minimum absolute atomic E-state index is 0.277. The largest absolute Gasteiger partial charge is 0.311 e. The number of nitrogens with one attached hydrogen (secondary N) is 1. The standard InChI is InChI=1S/C14H26N2O2S/c1-2-19(17,18)8-7-16-10-13(11-3-4-11)15-9-14(16)12-5-6-12/h11-15H,2-10H2,1H3. The maximum Gasteiger partial charge on any atom is 0.151 e. The van der Waals surface area contributed by atoms with Crippen molar-refractivity contribution in [2.75, 3.05) is 31.1 Å². The first-order chi connectivity index (χ1) is 9.09. The summed E-state index contributed by atoms with van der Waals surface area (Å²) < 4.78 is 23.4. The summed E-state index contributed by atoms with van der Waals surface area (Å²) in [6.45, 7) is 4.61. The third-order valence-electron chi connectivity index (χ3n) is 4.98. The second kappa shape index (κ2) is 5.34. The minimum Gasteiger partial charge on any atom is -0.311 e. The van der Waals surface area contributed by atoms with Crippen LogP contribution < -0.4 is 5.32 Å². The zero-order valence-electron chi connectivity index (χ0n) is 11.8. The van der Waals surface area contributed by atoms with Crippen LogP contribution in [0.3, 0.4) is 0 Å². The Bertz CT molecular complexity index is 415. The van der Waals surface area contributed by atoms with Gasteiger partial charge in [-0.15, -0.1) is 0 Å². The molecule has 0 bridgehead atoms. The SMILES string of the molecule is CCS(=O)(=O)CCN1CC(C2CC2)NCC1C1CC1. The third-order valence-corrected chi connectivity index (χ3v) is 6.66. The van der Waals surface area contributed by atoms with E-state index in [4.69, 9.17) is 0 Å². The average molecular weight is 286 g/mol. The third kappa shape index (κ3) is 3.50. The molecular formula is C14H26N2O2S. The first kappa shape index (κ1) is 13.8. The molecule has 0 aromatic rings. The van der Waals surface area contributed by atoms with Crippen LogP contribution in [-0.2, 0) is 9.84 Å². The predicted octanol–water partition coefficient (Wildman–Crippen LogP) is 0.884. The second-order valence-corrected chi connectivity index (χ2v) is 8.96. The van der Waals surface area contributed by atoms with Gasteiger partial charge in [-0.1, -0.05) is 6.92 Å². The van der Waals surface area contributed by atoms with Gasteiger partial charge in [-0.25, -0.2) is 8.42 Å². The van der Waals surface area contributed by atoms with Crippen LogP contribution in [0.2, 0.25) is 0 Å². The van der Waals surface area contributed by atoms with Gasteiger partial charge in [0.05, 0.1) is 5.75 Å². The van der Waals surface area contributed by atoms with Gasteiger partial charge >= 0.3 is 0 Å². The van der Waals surface area contributed by atoms with Crippen molar-refractivity contribution in [2.24, 2.45) is 11.8 Å². The maximum absolute atomic E-state index is 11.7. The number of hydrogen-bond donors (Lipinski definition) is 1. The van der Waals surface area contributed by atoms with E-state index in [2.05, 4.69) is 10.2 Å². The van der Waals surface area contributed by atoms with Gasteiger partial charge in [-0.3, -0.25) is 4.90 Å². The van der Waals surface area contributed by atoms with E-state index in [-0.39, 0.29) is 5.75 Å². The quantitative estimate of drug-likeness (QED) is 0.787. The molecule has 1 aliphatic heterocycles. The predicted molar refractivity (Wildman–Crippen MR) is 76.9 cm³/mol. The van der Waals surface area contributed by atoms with E-state index in [1.54, 1.807) is 6.92 Å². The Hall–Kier alpha value is -0.130. The highest BCUT2D eigenvalue weighted by Gasteiger charge is 2.42. The summed E-state index contributed by atoms with van der Waals surface area (Å²) >= 11 is 0. The molecule has 3 fully saturated rings. The number of piperazine rings is 1. The highest BCUT2D eigenvalue weighted by molar-refractivity contribution is 7.91. The second-order valence-electron chi connectivity index (χ2n) is 6.49. The molecule has 4 nitrogen and oxygen atoms in total. The molecule has 0 aromatic heterocycles. The number of rotatable bonds is 6. The van der Waals surface area contributed by atoms with Crippen molar-refractivity contribution in [3.63, 3.8) is 0 Å². The monoisotopic (exact) mass is 286 g/mol. The highest BCUT2D eigenvalue weighted by Crippen LogP contribution is 2.39. The van der Waals surface area contributed by atoms with Crippen molar-refractivity contribution >= 4 is 9.84 Å². The fourth-order valence-corrected chi connectivity index (χ4v) is 4.07. The van der Waals surface area contributed by atoms with Gasteiger partial charge in [0.25, 0.3) is 0 Å².